The number of hydrogen-bond acceptors (Lipinski definition) is 4. The van der Waals surface area contributed by atoms with E-state index in [-0.39, 0.29) is 24.7 Å². The fraction of sp³-hybridized carbons (Fsp3) is 0.500. The Bertz CT molecular complexity index is 511. The molecule has 1 rings (SSSR count). The molecule has 5 heteroatoms. The van der Waals surface area contributed by atoms with Crippen LogP contribution in [0.5, 0.6) is 5.75 Å². The summed E-state index contributed by atoms with van der Waals surface area (Å²) in [6, 6.07) is 4.86. The lowest BCUT2D eigenvalue weighted by atomic mass is 9.98. The molecule has 0 heterocycles. The van der Waals surface area contributed by atoms with Crippen LogP contribution in [0.25, 0.3) is 0 Å². The quantitative estimate of drug-likeness (QED) is 0.720. The van der Waals surface area contributed by atoms with Crippen LogP contribution < -0.4 is 10.1 Å². The Morgan fingerprint density at radius 3 is 2.48 bits per heavy atom. The Morgan fingerprint density at radius 1 is 1.33 bits per heavy atom. The lowest BCUT2D eigenvalue weighted by Gasteiger charge is -2.20. The summed E-state index contributed by atoms with van der Waals surface area (Å²) < 4.78 is 5.18. The molecule has 0 fully saturated rings. The number of hydrogen-bond donors (Lipinski definition) is 2. The Balaban J connectivity index is 2.92. The highest BCUT2D eigenvalue weighted by Crippen LogP contribution is 2.20. The van der Waals surface area contributed by atoms with E-state index in [1.165, 1.54) is 0 Å². The normalized spacial score (nSPS) is 12.2. The number of nitrogens with one attached hydrogen (secondary N) is 1. The second-order valence-corrected chi connectivity index (χ2v) is 5.36. The molecule has 0 aliphatic rings. The minimum atomic E-state index is -0.899. The summed E-state index contributed by atoms with van der Waals surface area (Å²) >= 11 is 0. The molecule has 1 atom stereocenters. The van der Waals surface area contributed by atoms with Gasteiger partial charge in [0.2, 0.25) is 0 Å². The fourth-order valence-electron chi connectivity index (χ4n) is 2.19. The Labute approximate surface area is 125 Å². The van der Waals surface area contributed by atoms with E-state index in [0.29, 0.717) is 5.56 Å². The van der Waals surface area contributed by atoms with Crippen molar-refractivity contribution in [2.24, 2.45) is 0 Å². The first-order valence-corrected chi connectivity index (χ1v) is 7.01. The number of carbonyl (C=O) groups is 2. The number of ketones is 1. The maximum Gasteiger partial charge on any atom is 0.303 e. The number of carboxylic acids is 1. The molecule has 1 unspecified atom stereocenters. The number of aryl methyl sites for hydroxylation is 1. The zero-order valence-corrected chi connectivity index (χ0v) is 13.0. The fourth-order valence-corrected chi connectivity index (χ4v) is 2.19. The van der Waals surface area contributed by atoms with Gasteiger partial charge in [-0.2, -0.15) is 0 Å². The highest BCUT2D eigenvalue weighted by molar-refractivity contribution is 6.00. The average Bonchev–Trinajstić information content (AvgIpc) is 2.42. The van der Waals surface area contributed by atoms with Crippen LogP contribution in [0.4, 0.5) is 0 Å². The third-order valence-electron chi connectivity index (χ3n) is 3.18. The number of aliphatic carboxylic acids is 1. The van der Waals surface area contributed by atoms with Gasteiger partial charge in [0.25, 0.3) is 0 Å². The van der Waals surface area contributed by atoms with Crippen LogP contribution in [0.3, 0.4) is 0 Å². The van der Waals surface area contributed by atoms with Crippen molar-refractivity contribution >= 4 is 11.8 Å². The maximum absolute atomic E-state index is 12.5. The van der Waals surface area contributed by atoms with Gasteiger partial charge in [0.05, 0.1) is 13.2 Å². The summed E-state index contributed by atoms with van der Waals surface area (Å²) in [6.07, 6.45) is 0.239. The van der Waals surface area contributed by atoms with Crippen LogP contribution in [0.1, 0.15) is 42.6 Å². The SMILES string of the molecule is COc1ccc(C(=O)C(CCC(=O)O)NC(C)C)cc1C. The van der Waals surface area contributed by atoms with Crippen molar-refractivity contribution in [2.75, 3.05) is 7.11 Å². The van der Waals surface area contributed by atoms with Gasteiger partial charge in [-0.05, 0) is 37.1 Å². The van der Waals surface area contributed by atoms with Crippen molar-refractivity contribution in [3.63, 3.8) is 0 Å². The molecule has 0 amide bonds. The van der Waals surface area contributed by atoms with Gasteiger partial charge in [-0.3, -0.25) is 9.59 Å². The summed E-state index contributed by atoms with van der Waals surface area (Å²) in [6.45, 7) is 5.73. The third kappa shape index (κ3) is 5.19. The van der Waals surface area contributed by atoms with E-state index < -0.39 is 12.0 Å². The van der Waals surface area contributed by atoms with Crippen LogP contribution in [-0.2, 0) is 4.79 Å². The molecular formula is C16H23NO4. The molecular weight excluding hydrogens is 270 g/mol. The Morgan fingerprint density at radius 2 is 2.00 bits per heavy atom. The largest absolute Gasteiger partial charge is 0.496 e. The van der Waals surface area contributed by atoms with Crippen molar-refractivity contribution in [3.8, 4) is 5.75 Å². The molecule has 0 bridgehead atoms. The molecule has 5 nitrogen and oxygen atoms in total. The molecule has 0 aliphatic heterocycles. The number of ether oxygens (including phenoxy) is 1. The Kier molecular flexibility index (Phi) is 6.37. The lowest BCUT2D eigenvalue weighted by molar-refractivity contribution is -0.137. The first-order valence-electron chi connectivity index (χ1n) is 7.01. The van der Waals surface area contributed by atoms with E-state index in [1.54, 1.807) is 25.3 Å². The predicted molar refractivity (Wildman–Crippen MR) is 81.0 cm³/mol. The van der Waals surface area contributed by atoms with Crippen LogP contribution >= 0.6 is 0 Å². The van der Waals surface area contributed by atoms with E-state index in [9.17, 15) is 9.59 Å². The molecule has 21 heavy (non-hydrogen) atoms. The number of carbonyl (C=O) groups excluding carboxylic acids is 1. The highest BCUT2D eigenvalue weighted by atomic mass is 16.5. The monoisotopic (exact) mass is 293 g/mol. The van der Waals surface area contributed by atoms with E-state index in [1.807, 2.05) is 20.8 Å². The van der Waals surface area contributed by atoms with Gasteiger partial charge < -0.3 is 15.2 Å². The van der Waals surface area contributed by atoms with E-state index >= 15 is 0 Å². The van der Waals surface area contributed by atoms with Gasteiger partial charge in [-0.1, -0.05) is 13.8 Å². The zero-order chi connectivity index (χ0) is 16.0. The molecule has 0 aliphatic carbocycles. The molecule has 0 radical (unpaired) electrons. The van der Waals surface area contributed by atoms with Gasteiger partial charge in [0.1, 0.15) is 5.75 Å². The van der Waals surface area contributed by atoms with E-state index in [0.717, 1.165) is 11.3 Å². The minimum Gasteiger partial charge on any atom is -0.496 e. The zero-order valence-electron chi connectivity index (χ0n) is 13.0. The summed E-state index contributed by atoms with van der Waals surface area (Å²) in [4.78, 5) is 23.3. The predicted octanol–water partition coefficient (Wildman–Crippen LogP) is 2.42. The van der Waals surface area contributed by atoms with E-state index in [2.05, 4.69) is 5.32 Å². The molecule has 0 saturated heterocycles. The van der Waals surface area contributed by atoms with E-state index in [4.69, 9.17) is 9.84 Å². The maximum atomic E-state index is 12.5. The minimum absolute atomic E-state index is 0.0364. The van der Waals surface area contributed by atoms with Crippen molar-refractivity contribution < 1.29 is 19.4 Å². The van der Waals surface area contributed by atoms with Gasteiger partial charge in [0, 0.05) is 18.0 Å². The van der Waals surface area contributed by atoms with Crippen molar-refractivity contribution in [1.29, 1.82) is 0 Å². The number of rotatable bonds is 8. The number of benzene rings is 1. The van der Waals surface area contributed by atoms with Crippen LogP contribution in [0, 0.1) is 6.92 Å². The topological polar surface area (TPSA) is 75.6 Å². The number of carboxylic acid groups (broad SMARTS) is 1. The first kappa shape index (κ1) is 17.2. The van der Waals surface area contributed by atoms with Gasteiger partial charge in [-0.25, -0.2) is 0 Å². The second kappa shape index (κ2) is 7.78. The third-order valence-corrected chi connectivity index (χ3v) is 3.18. The van der Waals surface area contributed by atoms with Crippen LogP contribution in [-0.4, -0.2) is 36.1 Å². The summed E-state index contributed by atoms with van der Waals surface area (Å²) in [5, 5.41) is 11.9. The summed E-state index contributed by atoms with van der Waals surface area (Å²) in [5.74, 6) is -0.259. The smallest absolute Gasteiger partial charge is 0.303 e. The second-order valence-electron chi connectivity index (χ2n) is 5.36. The molecule has 0 spiro atoms. The molecule has 2 N–H and O–H groups in total. The summed E-state index contributed by atoms with van der Waals surface area (Å²) in [5.41, 5.74) is 1.45. The van der Waals surface area contributed by atoms with Gasteiger partial charge >= 0.3 is 5.97 Å². The van der Waals surface area contributed by atoms with Crippen LogP contribution in [0.2, 0.25) is 0 Å². The molecule has 0 aromatic heterocycles. The summed E-state index contributed by atoms with van der Waals surface area (Å²) in [7, 11) is 1.58. The highest BCUT2D eigenvalue weighted by Gasteiger charge is 2.22. The molecule has 1 aromatic carbocycles. The van der Waals surface area contributed by atoms with Gasteiger partial charge in [0.15, 0.2) is 5.78 Å². The van der Waals surface area contributed by atoms with Crippen molar-refractivity contribution in [3.05, 3.63) is 29.3 Å². The number of methoxy groups -OCH3 is 1. The Hall–Kier alpha value is -1.88. The standard InChI is InChI=1S/C16H23NO4/c1-10(2)17-13(6-8-15(18)19)16(20)12-5-7-14(21-4)11(3)9-12/h5,7,9-10,13,17H,6,8H2,1-4H3,(H,18,19). The average molecular weight is 293 g/mol. The molecule has 0 saturated carbocycles. The van der Waals surface area contributed by atoms with Crippen molar-refractivity contribution in [1.82, 2.24) is 5.32 Å². The molecule has 116 valence electrons. The van der Waals surface area contributed by atoms with Crippen LogP contribution in [0.15, 0.2) is 18.2 Å². The van der Waals surface area contributed by atoms with Gasteiger partial charge in [-0.15, -0.1) is 0 Å². The number of Topliss-reactive ketones (excluding diaryl/α,β-unsaturated/α-hetero) is 1. The first-order chi connectivity index (χ1) is 9.85. The molecule has 1 aromatic rings. The van der Waals surface area contributed by atoms with Crippen molar-refractivity contribution in [2.45, 2.75) is 45.7 Å². The lowest BCUT2D eigenvalue weighted by Crippen LogP contribution is -2.41.